The minimum Gasteiger partial charge on any atom is -0.481 e. The highest BCUT2D eigenvalue weighted by Gasteiger charge is 2.30. The Kier molecular flexibility index (Phi) is 4.77. The number of hydrogen-bond acceptors (Lipinski definition) is 2. The van der Waals surface area contributed by atoms with Crippen molar-refractivity contribution in [2.24, 2.45) is 17.8 Å². The SMILES string of the molecule is CCC1CCC(CC(C(=O)O)C(=O)O)CC1. The zero-order valence-electron chi connectivity index (χ0n) is 9.69. The number of hydrogen-bond donors (Lipinski definition) is 2. The molecule has 0 aliphatic heterocycles. The van der Waals surface area contributed by atoms with E-state index in [1.54, 1.807) is 0 Å². The third kappa shape index (κ3) is 3.51. The summed E-state index contributed by atoms with van der Waals surface area (Å²) in [6.45, 7) is 2.17. The van der Waals surface area contributed by atoms with Crippen molar-refractivity contribution in [3.8, 4) is 0 Å². The molecule has 4 heteroatoms. The van der Waals surface area contributed by atoms with Gasteiger partial charge in [0.25, 0.3) is 0 Å². The van der Waals surface area contributed by atoms with Crippen LogP contribution in [0.1, 0.15) is 45.4 Å². The molecule has 0 atom stereocenters. The quantitative estimate of drug-likeness (QED) is 0.708. The van der Waals surface area contributed by atoms with E-state index in [0.29, 0.717) is 6.42 Å². The van der Waals surface area contributed by atoms with E-state index in [2.05, 4.69) is 6.92 Å². The first-order valence-corrected chi connectivity index (χ1v) is 6.00. The Bertz CT molecular complexity index is 240. The van der Waals surface area contributed by atoms with Crippen LogP contribution >= 0.6 is 0 Å². The molecular formula is C12H20O4. The van der Waals surface area contributed by atoms with Gasteiger partial charge in [-0.25, -0.2) is 0 Å². The van der Waals surface area contributed by atoms with Crippen LogP contribution in [0.2, 0.25) is 0 Å². The molecule has 0 amide bonds. The highest BCUT2D eigenvalue weighted by atomic mass is 16.4. The summed E-state index contributed by atoms with van der Waals surface area (Å²) < 4.78 is 0. The summed E-state index contributed by atoms with van der Waals surface area (Å²) in [4.78, 5) is 21.5. The Morgan fingerprint density at radius 2 is 1.50 bits per heavy atom. The third-order valence-electron chi connectivity index (χ3n) is 3.71. The van der Waals surface area contributed by atoms with Crippen LogP contribution in [-0.2, 0) is 9.59 Å². The predicted octanol–water partition coefficient (Wildman–Crippen LogP) is 2.38. The lowest BCUT2D eigenvalue weighted by atomic mass is 9.77. The summed E-state index contributed by atoms with van der Waals surface area (Å²) in [5.74, 6) is -2.59. The van der Waals surface area contributed by atoms with Crippen LogP contribution in [0.3, 0.4) is 0 Å². The van der Waals surface area contributed by atoms with E-state index in [0.717, 1.165) is 31.6 Å². The van der Waals surface area contributed by atoms with Crippen molar-refractivity contribution >= 4 is 11.9 Å². The molecule has 0 spiro atoms. The van der Waals surface area contributed by atoms with Gasteiger partial charge in [-0.1, -0.05) is 39.0 Å². The minimum absolute atomic E-state index is 0.278. The van der Waals surface area contributed by atoms with E-state index in [1.165, 1.54) is 6.42 Å². The summed E-state index contributed by atoms with van der Waals surface area (Å²) in [5.41, 5.74) is 0. The molecule has 0 radical (unpaired) electrons. The summed E-state index contributed by atoms with van der Waals surface area (Å²) >= 11 is 0. The van der Waals surface area contributed by atoms with Gasteiger partial charge in [0.05, 0.1) is 0 Å². The highest BCUT2D eigenvalue weighted by Crippen LogP contribution is 2.34. The van der Waals surface area contributed by atoms with Crippen molar-refractivity contribution < 1.29 is 19.8 Å². The lowest BCUT2D eigenvalue weighted by molar-refractivity contribution is -0.155. The fraction of sp³-hybridized carbons (Fsp3) is 0.833. The average Bonchev–Trinajstić information content (AvgIpc) is 2.25. The zero-order valence-corrected chi connectivity index (χ0v) is 9.69. The zero-order chi connectivity index (χ0) is 12.1. The van der Waals surface area contributed by atoms with Crippen LogP contribution < -0.4 is 0 Å². The van der Waals surface area contributed by atoms with Gasteiger partial charge < -0.3 is 10.2 Å². The van der Waals surface area contributed by atoms with Gasteiger partial charge in [0.15, 0.2) is 5.92 Å². The fourth-order valence-corrected chi connectivity index (χ4v) is 2.52. The molecule has 1 rings (SSSR count). The van der Waals surface area contributed by atoms with Crippen LogP contribution in [-0.4, -0.2) is 22.2 Å². The smallest absolute Gasteiger partial charge is 0.317 e. The van der Waals surface area contributed by atoms with Crippen molar-refractivity contribution in [1.29, 1.82) is 0 Å². The summed E-state index contributed by atoms with van der Waals surface area (Å²) in [7, 11) is 0. The molecule has 2 N–H and O–H groups in total. The molecule has 0 unspecified atom stereocenters. The Morgan fingerprint density at radius 1 is 1.06 bits per heavy atom. The van der Waals surface area contributed by atoms with E-state index in [9.17, 15) is 9.59 Å². The van der Waals surface area contributed by atoms with Crippen molar-refractivity contribution in [2.45, 2.75) is 45.4 Å². The molecule has 4 nitrogen and oxygen atoms in total. The molecule has 1 saturated carbocycles. The second-order valence-electron chi connectivity index (χ2n) is 4.76. The van der Waals surface area contributed by atoms with Crippen molar-refractivity contribution in [3.63, 3.8) is 0 Å². The van der Waals surface area contributed by atoms with Crippen LogP contribution in [0.15, 0.2) is 0 Å². The van der Waals surface area contributed by atoms with E-state index in [4.69, 9.17) is 10.2 Å². The van der Waals surface area contributed by atoms with Gasteiger partial charge in [-0.05, 0) is 18.3 Å². The maximum atomic E-state index is 10.8. The number of rotatable bonds is 5. The van der Waals surface area contributed by atoms with Crippen LogP contribution in [0, 0.1) is 17.8 Å². The van der Waals surface area contributed by atoms with Crippen LogP contribution in [0.5, 0.6) is 0 Å². The molecule has 0 bridgehead atoms. The Hall–Kier alpha value is -1.06. The summed E-state index contributed by atoms with van der Waals surface area (Å²) in [6, 6.07) is 0. The Labute approximate surface area is 95.7 Å². The molecule has 0 heterocycles. The van der Waals surface area contributed by atoms with Crippen LogP contribution in [0.4, 0.5) is 0 Å². The molecule has 16 heavy (non-hydrogen) atoms. The highest BCUT2D eigenvalue weighted by molar-refractivity contribution is 5.92. The largest absolute Gasteiger partial charge is 0.481 e. The maximum Gasteiger partial charge on any atom is 0.317 e. The fourth-order valence-electron chi connectivity index (χ4n) is 2.52. The molecule has 1 aliphatic rings. The molecule has 92 valence electrons. The van der Waals surface area contributed by atoms with Crippen molar-refractivity contribution in [3.05, 3.63) is 0 Å². The number of carboxylic acids is 2. The number of aliphatic carboxylic acids is 2. The molecule has 0 aromatic heterocycles. The molecule has 1 fully saturated rings. The first-order valence-electron chi connectivity index (χ1n) is 6.00. The molecule has 0 aromatic rings. The van der Waals surface area contributed by atoms with Gasteiger partial charge in [-0.15, -0.1) is 0 Å². The predicted molar refractivity (Wildman–Crippen MR) is 59.1 cm³/mol. The minimum atomic E-state index is -1.22. The number of carbonyl (C=O) groups is 2. The summed E-state index contributed by atoms with van der Waals surface area (Å²) in [6.07, 6.45) is 5.67. The third-order valence-corrected chi connectivity index (χ3v) is 3.71. The second kappa shape index (κ2) is 5.87. The molecule has 1 aliphatic carbocycles. The summed E-state index contributed by atoms with van der Waals surface area (Å²) in [5, 5.41) is 17.6. The lowest BCUT2D eigenvalue weighted by Gasteiger charge is -2.28. The molecular weight excluding hydrogens is 208 g/mol. The first kappa shape index (κ1) is 13.0. The van der Waals surface area contributed by atoms with E-state index < -0.39 is 17.9 Å². The first-order chi connectivity index (χ1) is 7.54. The number of carboxylic acid groups (broad SMARTS) is 2. The van der Waals surface area contributed by atoms with Gasteiger partial charge in [0.1, 0.15) is 0 Å². The van der Waals surface area contributed by atoms with Gasteiger partial charge in [-0.2, -0.15) is 0 Å². The van der Waals surface area contributed by atoms with Gasteiger partial charge in [0, 0.05) is 0 Å². The monoisotopic (exact) mass is 228 g/mol. The topological polar surface area (TPSA) is 74.6 Å². The van der Waals surface area contributed by atoms with Crippen molar-refractivity contribution in [1.82, 2.24) is 0 Å². The van der Waals surface area contributed by atoms with Gasteiger partial charge >= 0.3 is 11.9 Å². The molecule has 0 saturated heterocycles. The Morgan fingerprint density at radius 3 is 1.88 bits per heavy atom. The normalized spacial score (nSPS) is 25.6. The van der Waals surface area contributed by atoms with Crippen LogP contribution in [0.25, 0.3) is 0 Å². The average molecular weight is 228 g/mol. The van der Waals surface area contributed by atoms with E-state index >= 15 is 0 Å². The van der Waals surface area contributed by atoms with Crippen molar-refractivity contribution in [2.75, 3.05) is 0 Å². The Balaban J connectivity index is 2.42. The molecule has 0 aromatic carbocycles. The van der Waals surface area contributed by atoms with Gasteiger partial charge in [-0.3, -0.25) is 9.59 Å². The standard InChI is InChI=1S/C12H20O4/c1-2-8-3-5-9(6-4-8)7-10(11(13)14)12(15)16/h8-10H,2-7H2,1H3,(H,13,14)(H,15,16). The van der Waals surface area contributed by atoms with E-state index in [-0.39, 0.29) is 5.92 Å². The maximum absolute atomic E-state index is 10.8. The van der Waals surface area contributed by atoms with Gasteiger partial charge in [0.2, 0.25) is 0 Å². The lowest BCUT2D eigenvalue weighted by Crippen LogP contribution is -2.27. The second-order valence-corrected chi connectivity index (χ2v) is 4.76. The van der Waals surface area contributed by atoms with E-state index in [1.807, 2.05) is 0 Å².